The van der Waals surface area contributed by atoms with Gasteiger partial charge in [0.25, 0.3) is 0 Å². The average molecular weight is 408 g/mol. The van der Waals surface area contributed by atoms with Crippen molar-refractivity contribution in [3.63, 3.8) is 0 Å². The van der Waals surface area contributed by atoms with Crippen molar-refractivity contribution in [3.8, 4) is 5.75 Å². The summed E-state index contributed by atoms with van der Waals surface area (Å²) in [5.74, 6) is 0.406. The minimum Gasteiger partial charge on any atom is -0.507 e. The second-order valence-corrected chi connectivity index (χ2v) is 9.19. The zero-order valence-corrected chi connectivity index (χ0v) is 17.7. The van der Waals surface area contributed by atoms with Gasteiger partial charge in [-0.3, -0.25) is 0 Å². The van der Waals surface area contributed by atoms with Crippen LogP contribution in [0.2, 0.25) is 0 Å². The Labute approximate surface area is 181 Å². The highest BCUT2D eigenvalue weighted by Crippen LogP contribution is 2.64. The van der Waals surface area contributed by atoms with Crippen LogP contribution in [0.25, 0.3) is 21.5 Å². The molecule has 3 atom stereocenters. The van der Waals surface area contributed by atoms with Crippen LogP contribution in [-0.2, 0) is 10.3 Å². The van der Waals surface area contributed by atoms with E-state index in [0.29, 0.717) is 11.3 Å². The Morgan fingerprint density at radius 3 is 2.65 bits per heavy atom. The predicted molar refractivity (Wildman–Crippen MR) is 123 cm³/mol. The summed E-state index contributed by atoms with van der Waals surface area (Å²) in [4.78, 5) is 13.3. The molecule has 6 rings (SSSR count). The molecule has 0 saturated heterocycles. The molecule has 0 amide bonds. The number of hydrogen-bond donors (Lipinski definition) is 1. The Morgan fingerprint density at radius 1 is 1.00 bits per heavy atom. The zero-order valence-electron chi connectivity index (χ0n) is 17.7. The van der Waals surface area contributed by atoms with Crippen LogP contribution in [0.4, 0.5) is 0 Å². The van der Waals surface area contributed by atoms with Gasteiger partial charge in [-0.15, -0.1) is 0 Å². The van der Waals surface area contributed by atoms with Crippen LogP contribution < -0.4 is 0 Å². The van der Waals surface area contributed by atoms with Gasteiger partial charge in [-0.1, -0.05) is 61.0 Å². The Hall–Kier alpha value is -3.33. The van der Waals surface area contributed by atoms with E-state index >= 15 is 0 Å². The quantitative estimate of drug-likeness (QED) is 0.381. The lowest BCUT2D eigenvalue weighted by Crippen LogP contribution is -2.33. The summed E-state index contributed by atoms with van der Waals surface area (Å²) in [5, 5.41) is 15.1. The smallest absolute Gasteiger partial charge is 0.339 e. The van der Waals surface area contributed by atoms with E-state index in [1.54, 1.807) is 0 Å². The monoisotopic (exact) mass is 408 g/mol. The molecule has 31 heavy (non-hydrogen) atoms. The van der Waals surface area contributed by atoms with Crippen molar-refractivity contribution in [3.05, 3.63) is 89.0 Å². The van der Waals surface area contributed by atoms with E-state index in [0.717, 1.165) is 51.1 Å². The molecule has 0 aliphatic heterocycles. The molecular weight excluding hydrogens is 384 g/mol. The third kappa shape index (κ3) is 2.49. The molecule has 4 aromatic carbocycles. The number of ether oxygens (including phenoxy) is 1. The maximum atomic E-state index is 13.3. The molecule has 1 saturated carbocycles. The summed E-state index contributed by atoms with van der Waals surface area (Å²) in [6, 6.07) is 22.0. The first kappa shape index (κ1) is 18.4. The molecule has 3 nitrogen and oxygen atoms in total. The lowest BCUT2D eigenvalue weighted by molar-refractivity contribution is -0.0355. The topological polar surface area (TPSA) is 46.5 Å². The first-order chi connectivity index (χ1) is 15.0. The number of phenols is 1. The van der Waals surface area contributed by atoms with Crippen LogP contribution in [0, 0.1) is 12.8 Å². The summed E-state index contributed by atoms with van der Waals surface area (Å²) in [5.41, 5.74) is 2.99. The van der Waals surface area contributed by atoms with Crippen molar-refractivity contribution >= 4 is 27.5 Å². The molecular formula is C28H24O3. The second kappa shape index (κ2) is 6.34. The van der Waals surface area contributed by atoms with Gasteiger partial charge in [0.2, 0.25) is 0 Å². The van der Waals surface area contributed by atoms with Gasteiger partial charge in [0, 0.05) is 22.4 Å². The van der Waals surface area contributed by atoms with Gasteiger partial charge in [-0.05, 0) is 60.0 Å². The molecule has 1 N–H and O–H groups in total. The molecule has 4 aromatic rings. The largest absolute Gasteiger partial charge is 0.507 e. The average Bonchev–Trinajstić information content (AvgIpc) is 3.20. The lowest BCUT2D eigenvalue weighted by atomic mass is 9.85. The van der Waals surface area contributed by atoms with E-state index in [2.05, 4.69) is 19.1 Å². The normalized spacial score (nSPS) is 23.9. The fourth-order valence-corrected chi connectivity index (χ4v) is 5.94. The Morgan fingerprint density at radius 2 is 1.81 bits per heavy atom. The minimum absolute atomic E-state index is 0.135. The van der Waals surface area contributed by atoms with Crippen LogP contribution in [0.5, 0.6) is 5.75 Å². The van der Waals surface area contributed by atoms with Crippen molar-refractivity contribution in [1.29, 1.82) is 0 Å². The minimum atomic E-state index is -0.682. The fraction of sp³-hybridized carbons (Fsp3) is 0.250. The van der Waals surface area contributed by atoms with Crippen molar-refractivity contribution < 1.29 is 14.6 Å². The predicted octanol–water partition coefficient (Wildman–Crippen LogP) is 6.59. The molecule has 0 heterocycles. The van der Waals surface area contributed by atoms with Crippen LogP contribution in [0.15, 0.2) is 66.7 Å². The Balaban J connectivity index is 1.46. The summed E-state index contributed by atoms with van der Waals surface area (Å²) >= 11 is 0. The molecule has 2 bridgehead atoms. The first-order valence-electron chi connectivity index (χ1n) is 11.0. The van der Waals surface area contributed by atoms with E-state index in [-0.39, 0.29) is 17.8 Å². The number of esters is 1. The first-order valence-corrected chi connectivity index (χ1v) is 11.0. The lowest BCUT2D eigenvalue weighted by Gasteiger charge is -2.32. The highest BCUT2D eigenvalue weighted by atomic mass is 16.6. The molecule has 154 valence electrons. The fourth-order valence-electron chi connectivity index (χ4n) is 5.94. The number of aryl methyl sites for hydroxylation is 1. The zero-order chi connectivity index (χ0) is 21.3. The third-order valence-electron chi connectivity index (χ3n) is 7.56. The van der Waals surface area contributed by atoms with Crippen molar-refractivity contribution in [2.24, 2.45) is 5.92 Å². The SMILES string of the molecule is Cc1ccc2c(O)c3c(cc2c1)C1(OC(=O)c2ccc4ccccc4c2)CCC3C1C. The summed E-state index contributed by atoms with van der Waals surface area (Å²) in [6.07, 6.45) is 1.71. The Bertz CT molecular complexity index is 1390. The number of carbonyl (C=O) groups is 1. The van der Waals surface area contributed by atoms with Gasteiger partial charge in [-0.25, -0.2) is 4.79 Å². The second-order valence-electron chi connectivity index (χ2n) is 9.19. The molecule has 2 aliphatic carbocycles. The van der Waals surface area contributed by atoms with Gasteiger partial charge in [0.05, 0.1) is 5.56 Å². The summed E-state index contributed by atoms with van der Waals surface area (Å²) in [6.45, 7) is 4.20. The van der Waals surface area contributed by atoms with E-state index in [4.69, 9.17) is 4.74 Å². The number of benzene rings is 4. The van der Waals surface area contributed by atoms with E-state index in [1.807, 2.05) is 61.5 Å². The number of rotatable bonds is 2. The van der Waals surface area contributed by atoms with E-state index in [9.17, 15) is 9.90 Å². The molecule has 3 heteroatoms. The summed E-state index contributed by atoms with van der Waals surface area (Å²) < 4.78 is 6.35. The van der Waals surface area contributed by atoms with Crippen LogP contribution in [0.3, 0.4) is 0 Å². The highest BCUT2D eigenvalue weighted by molar-refractivity contribution is 5.96. The van der Waals surface area contributed by atoms with Gasteiger partial charge in [0.1, 0.15) is 11.4 Å². The van der Waals surface area contributed by atoms with E-state index < -0.39 is 5.60 Å². The molecule has 0 radical (unpaired) electrons. The van der Waals surface area contributed by atoms with Gasteiger partial charge in [0.15, 0.2) is 0 Å². The molecule has 1 fully saturated rings. The number of hydrogen-bond acceptors (Lipinski definition) is 3. The van der Waals surface area contributed by atoms with Gasteiger partial charge >= 0.3 is 5.97 Å². The van der Waals surface area contributed by atoms with Gasteiger partial charge in [-0.2, -0.15) is 0 Å². The van der Waals surface area contributed by atoms with Crippen LogP contribution in [0.1, 0.15) is 52.7 Å². The number of fused-ring (bicyclic) bond motifs is 7. The van der Waals surface area contributed by atoms with Crippen molar-refractivity contribution in [2.45, 2.75) is 38.2 Å². The van der Waals surface area contributed by atoms with Gasteiger partial charge < -0.3 is 9.84 Å². The van der Waals surface area contributed by atoms with Crippen molar-refractivity contribution in [2.75, 3.05) is 0 Å². The molecule has 0 aromatic heterocycles. The van der Waals surface area contributed by atoms with E-state index in [1.165, 1.54) is 0 Å². The third-order valence-corrected chi connectivity index (χ3v) is 7.56. The standard InChI is InChI=1S/C28H24O3/c1-16-7-10-23-21(13-16)15-24-25(26(23)29)22-11-12-28(24,17(22)2)31-27(30)20-9-8-18-5-3-4-6-19(18)14-20/h3-10,13-15,17,22,29H,11-12H2,1-2H3. The molecule has 0 spiro atoms. The molecule has 3 unspecified atom stereocenters. The van der Waals surface area contributed by atoms with Crippen LogP contribution in [-0.4, -0.2) is 11.1 Å². The number of carbonyl (C=O) groups excluding carboxylic acids is 1. The van der Waals surface area contributed by atoms with Crippen LogP contribution >= 0.6 is 0 Å². The maximum Gasteiger partial charge on any atom is 0.339 e. The number of aromatic hydroxyl groups is 1. The number of phenolic OH excluding ortho intramolecular Hbond substituents is 1. The highest BCUT2D eigenvalue weighted by Gasteiger charge is 2.59. The molecule has 2 aliphatic rings. The Kier molecular flexibility index (Phi) is 3.77. The van der Waals surface area contributed by atoms with Crippen molar-refractivity contribution in [1.82, 2.24) is 0 Å². The summed E-state index contributed by atoms with van der Waals surface area (Å²) in [7, 11) is 0. The maximum absolute atomic E-state index is 13.3.